The van der Waals surface area contributed by atoms with E-state index in [1.807, 2.05) is 0 Å². The molecule has 0 aliphatic carbocycles. The minimum absolute atomic E-state index is 0.104. The first-order valence-electron chi connectivity index (χ1n) is 6.88. The molecule has 1 aromatic rings. The van der Waals surface area contributed by atoms with E-state index in [1.54, 1.807) is 6.07 Å². The lowest BCUT2D eigenvalue weighted by atomic mass is 10.2. The van der Waals surface area contributed by atoms with Crippen molar-refractivity contribution in [2.75, 3.05) is 26.2 Å². The minimum atomic E-state index is -3.50. The number of likely N-dealkylation sites (N-methyl/N-ethyl adjacent to an activating group) is 1. The Bertz CT molecular complexity index is 544. The molecule has 0 spiro atoms. The average Bonchev–Trinajstić information content (AvgIpc) is 2.47. The van der Waals surface area contributed by atoms with Crippen molar-refractivity contribution in [2.45, 2.75) is 31.5 Å². The molecule has 1 saturated heterocycles. The van der Waals surface area contributed by atoms with Crippen LogP contribution in [0.2, 0.25) is 0 Å². The molecule has 1 unspecified atom stereocenters. The molecule has 0 aromatic carbocycles. The monoisotopic (exact) mass is 298 g/mol. The lowest BCUT2D eigenvalue weighted by molar-refractivity contribution is 0.135. The summed E-state index contributed by atoms with van der Waals surface area (Å²) in [4.78, 5) is 6.31. The Morgan fingerprint density at radius 2 is 2.15 bits per heavy atom. The number of hydrogen-bond acceptors (Lipinski definition) is 5. The summed E-state index contributed by atoms with van der Waals surface area (Å²) < 4.78 is 26.6. The molecule has 2 heterocycles. The zero-order valence-electron chi connectivity index (χ0n) is 12.0. The lowest BCUT2D eigenvalue weighted by Gasteiger charge is -2.38. The second-order valence-electron chi connectivity index (χ2n) is 5.05. The summed E-state index contributed by atoms with van der Waals surface area (Å²) in [6, 6.07) is 3.48. The molecule has 0 saturated carbocycles. The SMILES string of the molecule is CCN1CCN(S(=O)(=O)c2ccc(CN)cn2)CC1C. The second kappa shape index (κ2) is 6.17. The molecule has 0 bridgehead atoms. The Kier molecular flexibility index (Phi) is 4.74. The molecule has 1 aromatic heterocycles. The average molecular weight is 298 g/mol. The highest BCUT2D eigenvalue weighted by molar-refractivity contribution is 7.89. The topological polar surface area (TPSA) is 79.5 Å². The third-order valence-electron chi connectivity index (χ3n) is 3.77. The normalized spacial score (nSPS) is 22.1. The number of nitrogens with zero attached hydrogens (tertiary/aromatic N) is 3. The molecule has 1 atom stereocenters. The highest BCUT2D eigenvalue weighted by Gasteiger charge is 2.32. The molecular formula is C13H22N4O2S. The van der Waals surface area contributed by atoms with Gasteiger partial charge in [0, 0.05) is 38.4 Å². The van der Waals surface area contributed by atoms with Gasteiger partial charge in [0.05, 0.1) is 0 Å². The van der Waals surface area contributed by atoms with Gasteiger partial charge in [-0.25, -0.2) is 13.4 Å². The molecule has 2 rings (SSSR count). The highest BCUT2D eigenvalue weighted by atomic mass is 32.2. The van der Waals surface area contributed by atoms with Gasteiger partial charge in [-0.15, -0.1) is 0 Å². The van der Waals surface area contributed by atoms with Crippen LogP contribution in [-0.4, -0.2) is 54.8 Å². The van der Waals surface area contributed by atoms with E-state index < -0.39 is 10.0 Å². The number of nitrogens with two attached hydrogens (primary N) is 1. The maximum atomic E-state index is 12.5. The van der Waals surface area contributed by atoms with Crippen LogP contribution in [0.1, 0.15) is 19.4 Å². The first-order chi connectivity index (χ1) is 9.48. The van der Waals surface area contributed by atoms with Crippen LogP contribution < -0.4 is 5.73 Å². The molecule has 2 N–H and O–H groups in total. The summed E-state index contributed by atoms with van der Waals surface area (Å²) in [7, 11) is -3.50. The number of sulfonamides is 1. The predicted octanol–water partition coefficient (Wildman–Crippen LogP) is 0.255. The zero-order chi connectivity index (χ0) is 14.8. The van der Waals surface area contributed by atoms with Gasteiger partial charge in [-0.2, -0.15) is 4.31 Å². The third kappa shape index (κ3) is 3.01. The van der Waals surface area contributed by atoms with Crippen molar-refractivity contribution in [2.24, 2.45) is 5.73 Å². The van der Waals surface area contributed by atoms with Crippen LogP contribution in [0.25, 0.3) is 0 Å². The highest BCUT2D eigenvalue weighted by Crippen LogP contribution is 2.18. The summed E-state index contributed by atoms with van der Waals surface area (Å²) in [6.45, 7) is 7.23. The Hall–Kier alpha value is -1.02. The van der Waals surface area contributed by atoms with Gasteiger partial charge in [-0.3, -0.25) is 4.90 Å². The molecule has 20 heavy (non-hydrogen) atoms. The van der Waals surface area contributed by atoms with E-state index in [2.05, 4.69) is 23.7 Å². The van der Waals surface area contributed by atoms with Gasteiger partial charge in [0.15, 0.2) is 5.03 Å². The van der Waals surface area contributed by atoms with Crippen LogP contribution in [0.15, 0.2) is 23.4 Å². The Balaban J connectivity index is 2.18. The van der Waals surface area contributed by atoms with Crippen LogP contribution in [0, 0.1) is 0 Å². The molecule has 1 aliphatic heterocycles. The van der Waals surface area contributed by atoms with Crippen molar-refractivity contribution in [3.05, 3.63) is 23.9 Å². The Labute approximate surface area is 120 Å². The van der Waals surface area contributed by atoms with Crippen LogP contribution in [0.3, 0.4) is 0 Å². The summed E-state index contributed by atoms with van der Waals surface area (Å²) >= 11 is 0. The first-order valence-corrected chi connectivity index (χ1v) is 8.32. The van der Waals surface area contributed by atoms with E-state index in [0.29, 0.717) is 19.6 Å². The number of aromatic nitrogens is 1. The van der Waals surface area contributed by atoms with Gasteiger partial charge >= 0.3 is 0 Å². The largest absolute Gasteiger partial charge is 0.326 e. The lowest BCUT2D eigenvalue weighted by Crippen LogP contribution is -2.53. The molecule has 6 nitrogen and oxygen atoms in total. The van der Waals surface area contributed by atoms with Gasteiger partial charge in [0.25, 0.3) is 10.0 Å². The number of piperazine rings is 1. The van der Waals surface area contributed by atoms with Gasteiger partial charge < -0.3 is 5.73 Å². The van der Waals surface area contributed by atoms with Crippen molar-refractivity contribution in [1.82, 2.24) is 14.2 Å². The van der Waals surface area contributed by atoms with Crippen LogP contribution in [-0.2, 0) is 16.6 Å². The smallest absolute Gasteiger partial charge is 0.260 e. The summed E-state index contributed by atoms with van der Waals surface area (Å²) in [5.41, 5.74) is 6.32. The first kappa shape index (κ1) is 15.4. The fourth-order valence-electron chi connectivity index (χ4n) is 2.47. The molecule has 0 amide bonds. The van der Waals surface area contributed by atoms with E-state index in [-0.39, 0.29) is 11.1 Å². The van der Waals surface area contributed by atoms with E-state index in [4.69, 9.17) is 5.73 Å². The second-order valence-corrected chi connectivity index (χ2v) is 6.93. The van der Waals surface area contributed by atoms with Gasteiger partial charge in [-0.1, -0.05) is 13.0 Å². The molecular weight excluding hydrogens is 276 g/mol. The fraction of sp³-hybridized carbons (Fsp3) is 0.615. The van der Waals surface area contributed by atoms with Crippen molar-refractivity contribution in [1.29, 1.82) is 0 Å². The molecule has 0 radical (unpaired) electrons. The van der Waals surface area contributed by atoms with Crippen molar-refractivity contribution in [3.8, 4) is 0 Å². The van der Waals surface area contributed by atoms with E-state index in [0.717, 1.165) is 18.7 Å². The number of hydrogen-bond donors (Lipinski definition) is 1. The summed E-state index contributed by atoms with van der Waals surface area (Å²) in [5.74, 6) is 0. The van der Waals surface area contributed by atoms with E-state index >= 15 is 0 Å². The number of rotatable bonds is 4. The van der Waals surface area contributed by atoms with Crippen molar-refractivity contribution in [3.63, 3.8) is 0 Å². The third-order valence-corrected chi connectivity index (χ3v) is 5.55. The zero-order valence-corrected chi connectivity index (χ0v) is 12.8. The maximum Gasteiger partial charge on any atom is 0.260 e. The Morgan fingerprint density at radius 1 is 1.40 bits per heavy atom. The summed E-state index contributed by atoms with van der Waals surface area (Å²) in [5, 5.41) is 0.104. The summed E-state index contributed by atoms with van der Waals surface area (Å²) in [6.07, 6.45) is 1.53. The van der Waals surface area contributed by atoms with Crippen LogP contribution in [0.4, 0.5) is 0 Å². The van der Waals surface area contributed by atoms with E-state index in [9.17, 15) is 8.42 Å². The minimum Gasteiger partial charge on any atom is -0.326 e. The number of pyridine rings is 1. The molecule has 1 aliphatic rings. The molecule has 7 heteroatoms. The molecule has 112 valence electrons. The predicted molar refractivity (Wildman–Crippen MR) is 77.6 cm³/mol. The van der Waals surface area contributed by atoms with Crippen molar-refractivity contribution < 1.29 is 8.42 Å². The quantitative estimate of drug-likeness (QED) is 0.862. The fourth-order valence-corrected chi connectivity index (χ4v) is 3.89. The standard InChI is InChI=1S/C13H22N4O2S/c1-3-16-6-7-17(10-11(16)2)20(18,19)13-5-4-12(8-14)9-15-13/h4-5,9,11H,3,6-8,10,14H2,1-2H3. The Morgan fingerprint density at radius 3 is 2.65 bits per heavy atom. The van der Waals surface area contributed by atoms with Gasteiger partial charge in [-0.05, 0) is 25.1 Å². The van der Waals surface area contributed by atoms with Crippen LogP contribution in [0.5, 0.6) is 0 Å². The van der Waals surface area contributed by atoms with Crippen LogP contribution >= 0.6 is 0 Å². The molecule has 1 fully saturated rings. The maximum absolute atomic E-state index is 12.5. The van der Waals surface area contributed by atoms with E-state index in [1.165, 1.54) is 16.6 Å². The van der Waals surface area contributed by atoms with Gasteiger partial charge in [0.2, 0.25) is 0 Å². The van der Waals surface area contributed by atoms with Crippen molar-refractivity contribution >= 4 is 10.0 Å². The van der Waals surface area contributed by atoms with Gasteiger partial charge in [0.1, 0.15) is 0 Å².